The van der Waals surface area contributed by atoms with Crippen molar-refractivity contribution < 1.29 is 0 Å². The predicted molar refractivity (Wildman–Crippen MR) is 75.9 cm³/mol. The average molecular weight is 234 g/mol. The molecule has 0 amide bonds. The van der Waals surface area contributed by atoms with Crippen LogP contribution in [0.4, 0.5) is 0 Å². The highest BCUT2D eigenvalue weighted by Gasteiger charge is 2.02. The summed E-state index contributed by atoms with van der Waals surface area (Å²) in [7, 11) is 0. The second-order valence-corrected chi connectivity index (χ2v) is 4.92. The number of hydrogen-bond acceptors (Lipinski definition) is 0. The van der Waals surface area contributed by atoms with Crippen molar-refractivity contribution >= 4 is 10.9 Å². The fourth-order valence-corrected chi connectivity index (χ4v) is 2.40. The van der Waals surface area contributed by atoms with E-state index in [-0.39, 0.29) is 0 Å². The molecule has 1 aromatic heterocycles. The zero-order chi connectivity index (χ0) is 12.5. The number of fused-ring (bicyclic) bond motifs is 1. The Morgan fingerprint density at radius 2 is 1.94 bits per heavy atom. The van der Waals surface area contributed by atoms with Gasteiger partial charge in [-0.25, -0.2) is 0 Å². The molecular weight excluding hydrogens is 218 g/mol. The van der Waals surface area contributed by atoms with Gasteiger partial charge in [0.15, 0.2) is 0 Å². The Hall–Kier alpha value is -2.02. The van der Waals surface area contributed by atoms with Crippen LogP contribution in [0.2, 0.25) is 0 Å². The van der Waals surface area contributed by atoms with E-state index in [1.54, 1.807) is 0 Å². The molecule has 3 aromatic rings. The topological polar surface area (TPSA) is 15.8 Å². The maximum Gasteiger partial charge on any atom is 0.0463 e. The van der Waals surface area contributed by atoms with E-state index in [2.05, 4.69) is 61.3 Å². The number of rotatable bonds is 2. The fourth-order valence-electron chi connectivity index (χ4n) is 2.40. The highest BCUT2D eigenvalue weighted by molar-refractivity contribution is 5.79. The van der Waals surface area contributed by atoms with Crippen LogP contribution in [0.25, 0.3) is 10.9 Å². The minimum Gasteiger partial charge on any atom is -0.361 e. The minimum atomic E-state index is 0.987. The fraction of sp³-hybridized carbons (Fsp3) is 0.176. The van der Waals surface area contributed by atoms with E-state index < -0.39 is 0 Å². The van der Waals surface area contributed by atoms with Crippen molar-refractivity contribution in [3.05, 3.63) is 70.9 Å². The highest BCUT2D eigenvalue weighted by Crippen LogP contribution is 2.19. The molecule has 0 saturated heterocycles. The summed E-state index contributed by atoms with van der Waals surface area (Å²) in [6.07, 6.45) is 2.85. The van der Waals surface area contributed by atoms with Gasteiger partial charge in [-0.05, 0) is 43.0 Å². The lowest BCUT2D eigenvalue weighted by Gasteiger charge is -2.07. The zero-order valence-electron chi connectivity index (χ0n) is 10.7. The summed E-state index contributed by atoms with van der Waals surface area (Å²) in [4.78, 5) is 3.21. The summed E-state index contributed by atoms with van der Waals surface area (Å²) in [5.41, 5.74) is 6.59. The van der Waals surface area contributed by atoms with Crippen molar-refractivity contribution in [2.24, 2.45) is 0 Å². The average Bonchev–Trinajstić information content (AvgIpc) is 2.80. The molecule has 0 aliphatic rings. The smallest absolute Gasteiger partial charge is 0.0463 e. The maximum absolute atomic E-state index is 3.21. The van der Waals surface area contributed by atoms with Gasteiger partial charge in [0, 0.05) is 23.2 Å². The Labute approximate surface area is 107 Å². The Kier molecular flexibility index (Phi) is 2.67. The van der Waals surface area contributed by atoms with Gasteiger partial charge < -0.3 is 4.98 Å². The first-order valence-electron chi connectivity index (χ1n) is 6.26. The van der Waals surface area contributed by atoms with Crippen LogP contribution in [0.1, 0.15) is 22.3 Å². The van der Waals surface area contributed by atoms with Crippen LogP contribution in [-0.4, -0.2) is 4.98 Å². The molecule has 18 heavy (non-hydrogen) atoms. The third-order valence-corrected chi connectivity index (χ3v) is 3.43. The molecular formula is C17H16N. The molecule has 0 saturated carbocycles. The van der Waals surface area contributed by atoms with Gasteiger partial charge in [-0.3, -0.25) is 0 Å². The molecule has 0 fully saturated rings. The number of aryl methyl sites for hydroxylation is 2. The van der Waals surface area contributed by atoms with Crippen LogP contribution in [-0.2, 0) is 6.42 Å². The van der Waals surface area contributed by atoms with Gasteiger partial charge in [0.25, 0.3) is 0 Å². The quantitative estimate of drug-likeness (QED) is 0.684. The second-order valence-electron chi connectivity index (χ2n) is 4.92. The predicted octanol–water partition coefficient (Wildman–Crippen LogP) is 4.18. The van der Waals surface area contributed by atoms with Gasteiger partial charge >= 0.3 is 0 Å². The van der Waals surface area contributed by atoms with Crippen molar-refractivity contribution in [3.63, 3.8) is 0 Å². The maximum atomic E-state index is 3.21. The Morgan fingerprint density at radius 1 is 1.06 bits per heavy atom. The normalized spacial score (nSPS) is 11.0. The lowest BCUT2D eigenvalue weighted by atomic mass is 9.98. The van der Waals surface area contributed by atoms with Crippen molar-refractivity contribution in [1.29, 1.82) is 0 Å². The van der Waals surface area contributed by atoms with Gasteiger partial charge in [-0.1, -0.05) is 35.9 Å². The van der Waals surface area contributed by atoms with E-state index in [4.69, 9.17) is 0 Å². The molecule has 1 nitrogen and oxygen atoms in total. The molecule has 0 bridgehead atoms. The first-order chi connectivity index (χ1) is 8.72. The summed E-state index contributed by atoms with van der Waals surface area (Å²) < 4.78 is 0. The minimum absolute atomic E-state index is 0.987. The first-order valence-corrected chi connectivity index (χ1v) is 6.26. The molecule has 1 heteroatoms. The van der Waals surface area contributed by atoms with E-state index in [1.165, 1.54) is 22.3 Å². The molecule has 0 unspecified atom stereocenters. The molecule has 0 aliphatic carbocycles. The third-order valence-electron chi connectivity index (χ3n) is 3.43. The number of aromatic amines is 1. The van der Waals surface area contributed by atoms with E-state index in [1.807, 2.05) is 6.20 Å². The van der Waals surface area contributed by atoms with Crippen LogP contribution in [0.3, 0.4) is 0 Å². The second kappa shape index (κ2) is 4.34. The van der Waals surface area contributed by atoms with Crippen molar-refractivity contribution in [1.82, 2.24) is 4.98 Å². The van der Waals surface area contributed by atoms with Crippen LogP contribution in [0, 0.1) is 19.9 Å². The molecule has 1 heterocycles. The SMILES string of the molecule is Cc1ccc(Cc2ccc3[c]c[nH]c3c2)c(C)c1. The Morgan fingerprint density at radius 3 is 2.78 bits per heavy atom. The largest absolute Gasteiger partial charge is 0.361 e. The number of benzene rings is 2. The van der Waals surface area contributed by atoms with Gasteiger partial charge in [-0.2, -0.15) is 0 Å². The van der Waals surface area contributed by atoms with E-state index in [0.29, 0.717) is 0 Å². The van der Waals surface area contributed by atoms with Crippen molar-refractivity contribution in [2.75, 3.05) is 0 Å². The summed E-state index contributed by atoms with van der Waals surface area (Å²) in [6, 6.07) is 16.4. The van der Waals surface area contributed by atoms with Crippen LogP contribution >= 0.6 is 0 Å². The monoisotopic (exact) mass is 234 g/mol. The Bertz CT molecular complexity index is 692. The summed E-state index contributed by atoms with van der Waals surface area (Å²) >= 11 is 0. The summed E-state index contributed by atoms with van der Waals surface area (Å²) in [6.45, 7) is 4.32. The summed E-state index contributed by atoms with van der Waals surface area (Å²) in [5, 5.41) is 1.15. The van der Waals surface area contributed by atoms with E-state index in [0.717, 1.165) is 17.3 Å². The van der Waals surface area contributed by atoms with E-state index >= 15 is 0 Å². The lowest BCUT2D eigenvalue weighted by Crippen LogP contribution is -1.92. The molecule has 1 radical (unpaired) electrons. The molecule has 89 valence electrons. The Balaban J connectivity index is 1.95. The van der Waals surface area contributed by atoms with Gasteiger partial charge in [-0.15, -0.1) is 0 Å². The molecule has 1 N–H and O–H groups in total. The van der Waals surface area contributed by atoms with Crippen molar-refractivity contribution in [2.45, 2.75) is 20.3 Å². The molecule has 3 rings (SSSR count). The first kappa shape index (κ1) is 11.1. The third kappa shape index (κ3) is 2.04. The highest BCUT2D eigenvalue weighted by atomic mass is 14.7. The van der Waals surface area contributed by atoms with Gasteiger partial charge in [0.1, 0.15) is 0 Å². The standard InChI is InChI=1S/C17H16N/c1-12-3-5-16(13(2)9-12)10-14-4-6-15-7-8-18-17(15)11-14/h3-6,8-9,11,18H,10H2,1-2H3. The number of hydrogen-bond donors (Lipinski definition) is 1. The van der Waals surface area contributed by atoms with Crippen LogP contribution < -0.4 is 0 Å². The number of aromatic nitrogens is 1. The lowest BCUT2D eigenvalue weighted by molar-refractivity contribution is 1.15. The van der Waals surface area contributed by atoms with E-state index in [9.17, 15) is 0 Å². The molecule has 0 spiro atoms. The van der Waals surface area contributed by atoms with Crippen LogP contribution in [0.15, 0.2) is 42.6 Å². The molecule has 2 aromatic carbocycles. The zero-order valence-corrected chi connectivity index (χ0v) is 10.7. The van der Waals surface area contributed by atoms with Crippen LogP contribution in [0.5, 0.6) is 0 Å². The number of H-pyrrole nitrogens is 1. The van der Waals surface area contributed by atoms with Crippen molar-refractivity contribution in [3.8, 4) is 0 Å². The summed E-state index contributed by atoms with van der Waals surface area (Å²) in [5.74, 6) is 0. The molecule has 0 aliphatic heterocycles. The number of nitrogens with one attached hydrogen (secondary N) is 1. The molecule has 0 atom stereocenters. The van der Waals surface area contributed by atoms with Gasteiger partial charge in [0.05, 0.1) is 0 Å². The van der Waals surface area contributed by atoms with Gasteiger partial charge in [0.2, 0.25) is 0 Å².